The van der Waals surface area contributed by atoms with Crippen molar-refractivity contribution >= 4 is 34.0 Å². The molecule has 0 bridgehead atoms. The monoisotopic (exact) mass is 812 g/mol. The maximum atomic E-state index is 15.5. The summed E-state index contributed by atoms with van der Waals surface area (Å²) in [6.07, 6.45) is 2.67. The second kappa shape index (κ2) is 21.2. The van der Waals surface area contributed by atoms with E-state index in [4.69, 9.17) is 4.74 Å². The lowest BCUT2D eigenvalue weighted by Gasteiger charge is -2.35. The van der Waals surface area contributed by atoms with Crippen molar-refractivity contribution < 1.29 is 46.2 Å². The molecule has 3 rings (SSSR count). The third-order valence-electron chi connectivity index (χ3n) is 10.2. The first kappa shape index (κ1) is 46.7. The van der Waals surface area contributed by atoms with Crippen LogP contribution in [0.5, 0.6) is 0 Å². The van der Waals surface area contributed by atoms with Crippen LogP contribution in [0, 0.1) is 11.8 Å². The van der Waals surface area contributed by atoms with Crippen LogP contribution in [0.1, 0.15) is 91.5 Å². The number of carbonyl (C=O) groups excluding carboxylic acids is 4. The van der Waals surface area contributed by atoms with E-state index in [0.29, 0.717) is 24.8 Å². The number of aliphatic hydroxyl groups is 1. The first-order valence-corrected chi connectivity index (χ1v) is 21.1. The van der Waals surface area contributed by atoms with Crippen molar-refractivity contribution in [1.82, 2.24) is 29.9 Å². The number of nitrogens with one attached hydrogen (secondary N) is 4. The molecule has 0 radical (unpaired) electrons. The van der Waals surface area contributed by atoms with Gasteiger partial charge in [0, 0.05) is 32.7 Å². The molecule has 4 amide bonds. The average Bonchev–Trinajstić information content (AvgIpc) is 3.15. The number of ether oxygens (including phenoxy) is 1. The van der Waals surface area contributed by atoms with E-state index in [1.165, 1.54) is 11.0 Å². The van der Waals surface area contributed by atoms with Crippen molar-refractivity contribution in [1.29, 1.82) is 0 Å². The summed E-state index contributed by atoms with van der Waals surface area (Å²) >= 11 is 0. The molecule has 1 aliphatic carbocycles. The van der Waals surface area contributed by atoms with E-state index in [1.807, 2.05) is 6.92 Å². The largest absolute Gasteiger partial charge is 0.444 e. The van der Waals surface area contributed by atoms with Gasteiger partial charge in [0.25, 0.3) is 16.1 Å². The fraction of sp³-hybridized carbons (Fsp3) is 0.692. The smallest absolute Gasteiger partial charge is 0.410 e. The molecular formula is C39H62F2N6O8S. The Morgan fingerprint density at radius 3 is 2.16 bits per heavy atom. The molecular weight excluding hydrogens is 751 g/mol. The highest BCUT2D eigenvalue weighted by molar-refractivity contribution is 7.87. The number of alkyl halides is 2. The highest BCUT2D eigenvalue weighted by Gasteiger charge is 2.51. The van der Waals surface area contributed by atoms with Gasteiger partial charge in [0.2, 0.25) is 11.8 Å². The van der Waals surface area contributed by atoms with Gasteiger partial charge in [0.1, 0.15) is 23.8 Å². The Labute approximate surface area is 330 Å². The molecule has 1 aromatic carbocycles. The van der Waals surface area contributed by atoms with Gasteiger partial charge in [-0.25, -0.2) is 4.79 Å². The molecule has 1 saturated heterocycles. The lowest BCUT2D eigenvalue weighted by Crippen LogP contribution is -2.61. The number of halogens is 2. The number of rotatable bonds is 19. The summed E-state index contributed by atoms with van der Waals surface area (Å²) in [4.78, 5) is 54.4. The molecule has 5 atom stereocenters. The number of aliphatic hydroxyl groups excluding tert-OH is 1. The summed E-state index contributed by atoms with van der Waals surface area (Å²) in [7, 11) is -4.31. The van der Waals surface area contributed by atoms with Gasteiger partial charge in [-0.05, 0) is 57.4 Å². The molecule has 1 aliphatic heterocycles. The number of piperazine rings is 1. The highest BCUT2D eigenvalue weighted by atomic mass is 32.2. The number of hydrogen-bond acceptors (Lipinski definition) is 8. The van der Waals surface area contributed by atoms with Gasteiger partial charge in [-0.3, -0.25) is 14.4 Å². The summed E-state index contributed by atoms with van der Waals surface area (Å²) in [6.45, 7) is 12.5. The Morgan fingerprint density at radius 1 is 0.982 bits per heavy atom. The van der Waals surface area contributed by atoms with Crippen LogP contribution in [0.25, 0.3) is 0 Å². The summed E-state index contributed by atoms with van der Waals surface area (Å²) < 4.78 is 67.4. The van der Waals surface area contributed by atoms with Crippen LogP contribution >= 0.6 is 0 Å². The van der Waals surface area contributed by atoms with E-state index in [1.54, 1.807) is 58.0 Å². The summed E-state index contributed by atoms with van der Waals surface area (Å²) in [6, 6.07) is 4.26. The molecule has 0 spiro atoms. The van der Waals surface area contributed by atoms with Crippen LogP contribution in [0.4, 0.5) is 13.6 Å². The molecule has 2 aliphatic rings. The standard InChI is InChI=1S/C39H62F2N6O8S/c1-7-15-30(34(49)44-31(24-28-16-11-9-12-17-28)33(48)39(40,41)36(51)42-26-27(3)8-2)43-35(50)32(25-29-18-13-10-14-19-29)45-56(53,54)47-22-20-46(21-23-47)37(52)55-38(4,5)6/h7,10,13-14,18-19,27-28,30-33,45,48H,1,8-9,11-12,15-17,20-26H2,2-6H3,(H,42,51)(H,43,50)(H,44,49)/t27-,30-,31-,32?,33?/m0/s1. The molecule has 2 fully saturated rings. The molecule has 5 N–H and O–H groups in total. The summed E-state index contributed by atoms with van der Waals surface area (Å²) in [5.74, 6) is -7.83. The fourth-order valence-corrected chi connectivity index (χ4v) is 7.99. The van der Waals surface area contributed by atoms with Gasteiger partial charge in [-0.2, -0.15) is 26.2 Å². The number of nitrogens with zero attached hydrogens (tertiary/aromatic N) is 2. The molecule has 1 aromatic rings. The normalized spacial score (nSPS) is 18.8. The molecule has 1 saturated carbocycles. The van der Waals surface area contributed by atoms with Crippen LogP contribution in [-0.4, -0.2) is 115 Å². The van der Waals surface area contributed by atoms with Crippen LogP contribution in [-0.2, 0) is 35.8 Å². The van der Waals surface area contributed by atoms with Gasteiger partial charge >= 0.3 is 12.0 Å². The van der Waals surface area contributed by atoms with Crippen LogP contribution in [0.2, 0.25) is 0 Å². The zero-order valence-corrected chi connectivity index (χ0v) is 34.2. The zero-order valence-electron chi connectivity index (χ0n) is 33.4. The zero-order chi connectivity index (χ0) is 41.7. The second-order valence-corrected chi connectivity index (χ2v) is 17.7. The van der Waals surface area contributed by atoms with Crippen LogP contribution < -0.4 is 20.7 Å². The first-order valence-electron chi connectivity index (χ1n) is 19.6. The van der Waals surface area contributed by atoms with E-state index in [-0.39, 0.29) is 63.8 Å². The predicted molar refractivity (Wildman–Crippen MR) is 209 cm³/mol. The predicted octanol–water partition coefficient (Wildman–Crippen LogP) is 3.66. The van der Waals surface area contributed by atoms with Gasteiger partial charge in [0.15, 0.2) is 0 Å². The molecule has 14 nitrogen and oxygen atoms in total. The van der Waals surface area contributed by atoms with Gasteiger partial charge in [0.05, 0.1) is 6.04 Å². The third kappa shape index (κ3) is 14.4. The number of amides is 4. The maximum absolute atomic E-state index is 15.5. The highest BCUT2D eigenvalue weighted by Crippen LogP contribution is 2.31. The Bertz CT molecular complexity index is 1560. The third-order valence-corrected chi connectivity index (χ3v) is 11.8. The molecule has 1 heterocycles. The summed E-state index contributed by atoms with van der Waals surface area (Å²) in [5, 5.41) is 18.3. The minimum absolute atomic E-state index is 0.0130. The molecule has 0 aromatic heterocycles. The molecule has 2 unspecified atom stereocenters. The van der Waals surface area contributed by atoms with E-state index in [2.05, 4.69) is 27.3 Å². The topological polar surface area (TPSA) is 186 Å². The van der Waals surface area contributed by atoms with E-state index < -0.39 is 69.8 Å². The van der Waals surface area contributed by atoms with Crippen LogP contribution in [0.15, 0.2) is 43.0 Å². The van der Waals surface area contributed by atoms with Crippen LogP contribution in [0.3, 0.4) is 0 Å². The van der Waals surface area contributed by atoms with Gasteiger partial charge < -0.3 is 30.7 Å². The number of benzene rings is 1. The SMILES string of the molecule is C=CC[C@H](NC(=O)C(Cc1ccccc1)NS(=O)(=O)N1CCN(C(=O)OC(C)(C)C)CC1)C(=O)N[C@@H](CC1CCCCC1)C(O)C(F)(F)C(=O)NC[C@@H](C)CC. The van der Waals surface area contributed by atoms with Crippen molar-refractivity contribution in [2.45, 2.75) is 128 Å². The van der Waals surface area contributed by atoms with E-state index in [9.17, 15) is 32.7 Å². The first-order chi connectivity index (χ1) is 26.3. The number of hydrogen-bond donors (Lipinski definition) is 5. The molecule has 56 heavy (non-hydrogen) atoms. The van der Waals surface area contributed by atoms with Crippen molar-refractivity contribution in [2.75, 3.05) is 32.7 Å². The maximum Gasteiger partial charge on any atom is 0.410 e. The van der Waals surface area contributed by atoms with Gasteiger partial charge in [-0.1, -0.05) is 88.8 Å². The average molecular weight is 813 g/mol. The Morgan fingerprint density at radius 2 is 1.59 bits per heavy atom. The van der Waals surface area contributed by atoms with Gasteiger partial charge in [-0.15, -0.1) is 6.58 Å². The van der Waals surface area contributed by atoms with Crippen molar-refractivity contribution in [2.24, 2.45) is 11.8 Å². The van der Waals surface area contributed by atoms with Crippen molar-refractivity contribution in [3.63, 3.8) is 0 Å². The van der Waals surface area contributed by atoms with E-state index >= 15 is 8.78 Å². The second-order valence-electron chi connectivity index (χ2n) is 16.0. The van der Waals surface area contributed by atoms with E-state index in [0.717, 1.165) is 23.6 Å². The number of carbonyl (C=O) groups is 4. The van der Waals surface area contributed by atoms with Crippen molar-refractivity contribution in [3.05, 3.63) is 48.6 Å². The minimum atomic E-state index is -4.31. The summed E-state index contributed by atoms with van der Waals surface area (Å²) in [5.41, 5.74) is -0.121. The Balaban J connectivity index is 1.81. The lowest BCUT2D eigenvalue weighted by atomic mass is 9.82. The Hall–Kier alpha value is -3.67. The Kier molecular flexibility index (Phi) is 17.7. The van der Waals surface area contributed by atoms with Crippen molar-refractivity contribution in [3.8, 4) is 0 Å². The fourth-order valence-electron chi connectivity index (χ4n) is 6.65. The lowest BCUT2D eigenvalue weighted by molar-refractivity contribution is -0.168. The molecule has 17 heteroatoms. The minimum Gasteiger partial charge on any atom is -0.444 e. The molecule has 316 valence electrons. The quantitative estimate of drug-likeness (QED) is 0.131.